The lowest BCUT2D eigenvalue weighted by atomic mass is 9.88. The van der Waals surface area contributed by atoms with Crippen LogP contribution in [0, 0.1) is 0 Å². The van der Waals surface area contributed by atoms with Crippen molar-refractivity contribution in [1.29, 1.82) is 0 Å². The van der Waals surface area contributed by atoms with E-state index in [0.717, 1.165) is 9.55 Å². The van der Waals surface area contributed by atoms with Gasteiger partial charge in [0.25, 0.3) is 0 Å². The van der Waals surface area contributed by atoms with Gasteiger partial charge in [0.1, 0.15) is 0 Å². The third-order valence-corrected chi connectivity index (χ3v) is 12.1. The van der Waals surface area contributed by atoms with Crippen LogP contribution < -0.4 is 9.55 Å². The average Bonchev–Trinajstić information content (AvgIpc) is 3.59. The van der Waals surface area contributed by atoms with Gasteiger partial charge < -0.3 is 18.6 Å². The van der Waals surface area contributed by atoms with Crippen LogP contribution in [0.2, 0.25) is 0 Å². The lowest BCUT2D eigenvalue weighted by Crippen LogP contribution is -2.41. The molecule has 0 saturated carbocycles. The number of thiophene rings is 3. The predicted molar refractivity (Wildman–Crippen MR) is 160 cm³/mol. The monoisotopic (exact) mass is 550 g/mol. The normalized spacial score (nSPS) is 21.8. The Kier molecular flexibility index (Phi) is 5.94. The fourth-order valence-electron chi connectivity index (χ4n) is 4.58. The Balaban J connectivity index is 1.34. The van der Waals surface area contributed by atoms with E-state index >= 15 is 0 Å². The summed E-state index contributed by atoms with van der Waals surface area (Å²) >= 11 is 5.36. The fourth-order valence-corrected chi connectivity index (χ4v) is 8.04. The molecule has 3 aromatic heterocycles. The van der Waals surface area contributed by atoms with Gasteiger partial charge in [-0.25, -0.2) is 0 Å². The van der Waals surface area contributed by atoms with Crippen molar-refractivity contribution in [3.05, 3.63) is 48.5 Å². The third-order valence-electron chi connectivity index (χ3n) is 8.29. The van der Waals surface area contributed by atoms with Gasteiger partial charge >= 0.3 is 14.2 Å². The second kappa shape index (κ2) is 8.52. The van der Waals surface area contributed by atoms with Gasteiger partial charge in [-0.2, -0.15) is 0 Å². The van der Waals surface area contributed by atoms with E-state index in [0.29, 0.717) is 0 Å². The van der Waals surface area contributed by atoms with Crippen LogP contribution in [-0.4, -0.2) is 36.6 Å². The van der Waals surface area contributed by atoms with Crippen molar-refractivity contribution in [2.45, 2.75) is 77.8 Å². The van der Waals surface area contributed by atoms with E-state index in [4.69, 9.17) is 18.6 Å². The highest BCUT2D eigenvalue weighted by Crippen LogP contribution is 2.47. The van der Waals surface area contributed by atoms with E-state index in [9.17, 15) is 0 Å². The summed E-state index contributed by atoms with van der Waals surface area (Å²) in [5.74, 6) is 0. The van der Waals surface area contributed by atoms with Gasteiger partial charge in [-0.15, -0.1) is 34.0 Å². The molecule has 0 bridgehead atoms. The molecule has 9 heteroatoms. The second-order valence-corrected chi connectivity index (χ2v) is 15.1. The summed E-state index contributed by atoms with van der Waals surface area (Å²) in [6, 6.07) is 17.4. The number of hydrogen-bond acceptors (Lipinski definition) is 7. The molecule has 0 spiro atoms. The van der Waals surface area contributed by atoms with E-state index in [1.165, 1.54) is 30.3 Å². The molecule has 2 aliphatic heterocycles. The zero-order valence-electron chi connectivity index (χ0n) is 22.6. The first-order valence-corrected chi connectivity index (χ1v) is 15.2. The highest BCUT2D eigenvalue weighted by atomic mass is 32.1. The lowest BCUT2D eigenvalue weighted by molar-refractivity contribution is 0.00578. The van der Waals surface area contributed by atoms with Gasteiger partial charge in [0.15, 0.2) is 0 Å². The number of hydrogen-bond donors (Lipinski definition) is 0. The molecule has 4 aromatic rings. The molecule has 37 heavy (non-hydrogen) atoms. The number of rotatable bonds is 4. The molecule has 4 nitrogen and oxygen atoms in total. The number of benzene rings is 1. The van der Waals surface area contributed by atoms with Crippen LogP contribution in [-0.2, 0) is 18.6 Å². The molecule has 0 amide bonds. The molecule has 5 heterocycles. The molecule has 0 N–H and O–H groups in total. The maximum absolute atomic E-state index is 6.31. The SMILES string of the molecule is CC1(C)OB(c2ccc(-c3sc(-c4ccc(B5OC(C)(C)C(C)(C)O5)s4)c4ccccc34)s2)OC1(C)C. The minimum absolute atomic E-state index is 0.339. The van der Waals surface area contributed by atoms with Gasteiger partial charge in [-0.1, -0.05) is 36.4 Å². The minimum atomic E-state index is -0.349. The van der Waals surface area contributed by atoms with E-state index in [1.807, 2.05) is 11.3 Å². The molecule has 0 aliphatic carbocycles. The molecular weight excluding hydrogens is 518 g/mol. The molecular formula is C28H32B2O4S3. The van der Waals surface area contributed by atoms with E-state index < -0.39 is 0 Å². The molecule has 0 unspecified atom stereocenters. The molecule has 0 radical (unpaired) electrons. The van der Waals surface area contributed by atoms with Crippen LogP contribution >= 0.6 is 34.0 Å². The largest absolute Gasteiger partial charge is 0.505 e. The van der Waals surface area contributed by atoms with Crippen molar-refractivity contribution in [3.63, 3.8) is 0 Å². The minimum Gasteiger partial charge on any atom is -0.399 e. The van der Waals surface area contributed by atoms with Crippen LogP contribution in [0.25, 0.3) is 30.3 Å². The molecule has 6 rings (SSSR count). The Morgan fingerprint density at radius 2 is 0.838 bits per heavy atom. The predicted octanol–water partition coefficient (Wildman–Crippen LogP) is 6.96. The molecule has 1 aromatic carbocycles. The Labute approximate surface area is 232 Å². The first-order chi connectivity index (χ1) is 17.3. The zero-order chi connectivity index (χ0) is 26.4. The van der Waals surface area contributed by atoms with Gasteiger partial charge in [0.2, 0.25) is 0 Å². The first-order valence-electron chi connectivity index (χ1n) is 12.7. The van der Waals surface area contributed by atoms with Gasteiger partial charge in [0, 0.05) is 30.1 Å². The highest BCUT2D eigenvalue weighted by Gasteiger charge is 2.53. The van der Waals surface area contributed by atoms with Crippen LogP contribution in [0.4, 0.5) is 0 Å². The summed E-state index contributed by atoms with van der Waals surface area (Å²) in [5, 5.41) is 2.55. The fraction of sp³-hybridized carbons (Fsp3) is 0.429. The maximum Gasteiger partial charge on any atom is 0.505 e. The van der Waals surface area contributed by atoms with Crippen molar-refractivity contribution in [3.8, 4) is 19.5 Å². The van der Waals surface area contributed by atoms with E-state index in [-0.39, 0.29) is 36.6 Å². The summed E-state index contributed by atoms with van der Waals surface area (Å²) in [7, 11) is -0.677. The summed E-state index contributed by atoms with van der Waals surface area (Å²) in [6.07, 6.45) is 0. The summed E-state index contributed by atoms with van der Waals surface area (Å²) in [4.78, 5) is 5.03. The Hall–Kier alpha value is -1.45. The Morgan fingerprint density at radius 3 is 1.19 bits per heavy atom. The quantitative estimate of drug-likeness (QED) is 0.258. The van der Waals surface area contributed by atoms with E-state index in [1.54, 1.807) is 22.7 Å². The van der Waals surface area contributed by atoms with Gasteiger partial charge in [-0.05, 0) is 67.5 Å². The first kappa shape index (κ1) is 25.8. The van der Waals surface area contributed by atoms with Crippen molar-refractivity contribution in [2.75, 3.05) is 0 Å². The molecule has 192 valence electrons. The average molecular weight is 550 g/mol. The van der Waals surface area contributed by atoms with Crippen molar-refractivity contribution in [1.82, 2.24) is 0 Å². The van der Waals surface area contributed by atoms with Crippen LogP contribution in [0.5, 0.6) is 0 Å². The Morgan fingerprint density at radius 1 is 0.486 bits per heavy atom. The standard InChI is InChI=1S/C28H32B2O4S3/c1-25(2)26(3,4)32-29(31-25)21-15-13-19(35-21)23-17-11-9-10-12-18(17)24(37-23)20-14-16-22(36-20)30-33-27(5,6)28(7,8)34-30/h9-16H,1-8H3. The summed E-state index contributed by atoms with van der Waals surface area (Å²) < 4.78 is 27.5. The van der Waals surface area contributed by atoms with Gasteiger partial charge in [-0.3, -0.25) is 0 Å². The van der Waals surface area contributed by atoms with Crippen molar-refractivity contribution < 1.29 is 18.6 Å². The van der Waals surface area contributed by atoms with Crippen molar-refractivity contribution in [2.24, 2.45) is 0 Å². The van der Waals surface area contributed by atoms with Crippen molar-refractivity contribution >= 4 is 68.6 Å². The Bertz CT molecular complexity index is 1340. The van der Waals surface area contributed by atoms with Gasteiger partial charge in [0.05, 0.1) is 32.2 Å². The second-order valence-electron chi connectivity index (χ2n) is 11.9. The molecule has 2 aliphatic rings. The van der Waals surface area contributed by atoms with Crippen LogP contribution in [0.3, 0.4) is 0 Å². The van der Waals surface area contributed by atoms with Crippen LogP contribution in [0.15, 0.2) is 48.5 Å². The highest BCUT2D eigenvalue weighted by molar-refractivity contribution is 7.32. The summed E-state index contributed by atoms with van der Waals surface area (Å²) in [5.41, 5.74) is -1.39. The summed E-state index contributed by atoms with van der Waals surface area (Å²) in [6.45, 7) is 16.8. The molecule has 2 saturated heterocycles. The maximum atomic E-state index is 6.31. The lowest BCUT2D eigenvalue weighted by Gasteiger charge is -2.32. The molecule has 2 fully saturated rings. The molecule has 0 atom stereocenters. The smallest absolute Gasteiger partial charge is 0.399 e. The van der Waals surface area contributed by atoms with E-state index in [2.05, 4.69) is 104 Å². The topological polar surface area (TPSA) is 36.9 Å². The third kappa shape index (κ3) is 4.18. The zero-order valence-corrected chi connectivity index (χ0v) is 25.1. The van der Waals surface area contributed by atoms with Crippen LogP contribution in [0.1, 0.15) is 55.4 Å². The number of fused-ring (bicyclic) bond motifs is 1.